The maximum absolute atomic E-state index is 12.2. The van der Waals surface area contributed by atoms with Crippen LogP contribution in [-0.2, 0) is 24.1 Å². The van der Waals surface area contributed by atoms with Gasteiger partial charge in [-0.15, -0.1) is 11.3 Å². The van der Waals surface area contributed by atoms with E-state index < -0.39 is 0 Å². The summed E-state index contributed by atoms with van der Waals surface area (Å²) in [7, 11) is 1.42. The smallest absolute Gasteiger partial charge is 0.341 e. The van der Waals surface area contributed by atoms with Gasteiger partial charge in [0.1, 0.15) is 5.00 Å². The number of halogens is 1. The number of nitrogens with zero attached hydrogens (tertiary/aromatic N) is 2. The number of carbonyl (C=O) groups excluding carboxylic acids is 1. The Morgan fingerprint density at radius 1 is 1.41 bits per heavy atom. The number of thiophene rings is 1. The molecule has 2 N–H and O–H groups in total. The Hall–Kier alpha value is -1.45. The quantitative estimate of drug-likeness (QED) is 0.378. The second-order valence-corrected chi connectivity index (χ2v) is 8.80. The number of fused-ring (bicyclic) bond motifs is 1. The molecule has 0 spiro atoms. The first-order valence-corrected chi connectivity index (χ1v) is 10.9. The monoisotopic (exact) mass is 470 g/mol. The summed E-state index contributed by atoms with van der Waals surface area (Å²) >= 11 is 10.6. The molecule has 0 radical (unpaired) electrons. The Bertz CT molecular complexity index is 875. The van der Waals surface area contributed by atoms with E-state index in [9.17, 15) is 4.79 Å². The van der Waals surface area contributed by atoms with Crippen molar-refractivity contribution in [2.75, 3.05) is 19.0 Å². The average molecular weight is 471 g/mol. The number of aromatic nitrogens is 2. The second kappa shape index (κ2) is 8.70. The van der Waals surface area contributed by atoms with E-state index in [2.05, 4.69) is 31.7 Å². The van der Waals surface area contributed by atoms with Crippen LogP contribution in [0.3, 0.4) is 0 Å². The summed E-state index contributed by atoms with van der Waals surface area (Å²) < 4.78 is 8.02. The number of rotatable bonds is 6. The number of esters is 1. The van der Waals surface area contributed by atoms with Gasteiger partial charge in [-0.2, -0.15) is 5.10 Å². The number of methoxy groups -OCH3 is 1. The van der Waals surface area contributed by atoms with Gasteiger partial charge < -0.3 is 15.4 Å². The number of hydrogen-bond donors (Lipinski definition) is 2. The number of nitrogens with one attached hydrogen (secondary N) is 2. The van der Waals surface area contributed by atoms with Gasteiger partial charge in [0, 0.05) is 23.7 Å². The molecule has 0 aliphatic heterocycles. The molecule has 0 atom stereocenters. The fraction of sp³-hybridized carbons (Fsp3) is 0.500. The van der Waals surface area contributed by atoms with E-state index >= 15 is 0 Å². The van der Waals surface area contributed by atoms with Crippen LogP contribution in [0.15, 0.2) is 4.47 Å². The molecule has 2 heterocycles. The van der Waals surface area contributed by atoms with Crippen molar-refractivity contribution >= 4 is 55.6 Å². The van der Waals surface area contributed by atoms with Crippen LogP contribution in [0.4, 0.5) is 5.00 Å². The molecule has 2 aromatic rings. The summed E-state index contributed by atoms with van der Waals surface area (Å²) in [5.74, 6) is -0.296. The van der Waals surface area contributed by atoms with Gasteiger partial charge in [-0.25, -0.2) is 4.79 Å². The van der Waals surface area contributed by atoms with Crippen molar-refractivity contribution in [2.45, 2.75) is 46.1 Å². The predicted octanol–water partition coefficient (Wildman–Crippen LogP) is 3.98. The Kier molecular flexibility index (Phi) is 6.54. The summed E-state index contributed by atoms with van der Waals surface area (Å²) in [5, 5.41) is 12.2. The van der Waals surface area contributed by atoms with Gasteiger partial charge in [0.2, 0.25) is 0 Å². The van der Waals surface area contributed by atoms with Gasteiger partial charge in [-0.05, 0) is 73.2 Å². The minimum absolute atomic E-state index is 0.296. The van der Waals surface area contributed by atoms with E-state index in [0.29, 0.717) is 10.7 Å². The van der Waals surface area contributed by atoms with Crippen LogP contribution >= 0.6 is 39.5 Å². The van der Waals surface area contributed by atoms with Crippen molar-refractivity contribution in [3.63, 3.8) is 0 Å². The lowest BCUT2D eigenvalue weighted by molar-refractivity contribution is 0.0601. The van der Waals surface area contributed by atoms with Gasteiger partial charge in [-0.3, -0.25) is 4.68 Å². The third-order valence-electron chi connectivity index (χ3n) is 4.66. The fourth-order valence-electron chi connectivity index (χ4n) is 3.28. The highest BCUT2D eigenvalue weighted by atomic mass is 79.9. The number of anilines is 1. The van der Waals surface area contributed by atoms with Crippen LogP contribution < -0.4 is 10.6 Å². The zero-order valence-electron chi connectivity index (χ0n) is 15.6. The van der Waals surface area contributed by atoms with E-state index in [1.54, 1.807) is 11.3 Å². The Morgan fingerprint density at radius 2 is 2.19 bits per heavy atom. The SMILES string of the molecule is COC(=O)c1c(NC(=S)NCCCn2nc(C)c(Br)c2C)sc2c1CCC2. The van der Waals surface area contributed by atoms with E-state index in [0.717, 1.165) is 65.2 Å². The molecular formula is C18H23BrN4O2S2. The number of hydrogen-bond acceptors (Lipinski definition) is 5. The van der Waals surface area contributed by atoms with E-state index in [1.165, 1.54) is 12.0 Å². The molecule has 3 rings (SSSR count). The van der Waals surface area contributed by atoms with Crippen LogP contribution in [0, 0.1) is 13.8 Å². The Balaban J connectivity index is 1.54. The van der Waals surface area contributed by atoms with Crippen LogP contribution in [0.2, 0.25) is 0 Å². The van der Waals surface area contributed by atoms with Crippen molar-refractivity contribution in [2.24, 2.45) is 0 Å². The van der Waals surface area contributed by atoms with Crippen molar-refractivity contribution in [3.05, 3.63) is 31.9 Å². The molecule has 0 amide bonds. The van der Waals surface area contributed by atoms with Gasteiger partial charge in [-0.1, -0.05) is 0 Å². The van der Waals surface area contributed by atoms with Crippen LogP contribution in [0.25, 0.3) is 0 Å². The van der Waals surface area contributed by atoms with Crippen LogP contribution in [0.1, 0.15) is 45.0 Å². The zero-order chi connectivity index (χ0) is 19.6. The average Bonchev–Trinajstić information content (AvgIpc) is 3.28. The van der Waals surface area contributed by atoms with Gasteiger partial charge in [0.05, 0.1) is 22.8 Å². The predicted molar refractivity (Wildman–Crippen MR) is 116 cm³/mol. The summed E-state index contributed by atoms with van der Waals surface area (Å²) in [6.45, 7) is 5.57. The molecule has 27 heavy (non-hydrogen) atoms. The number of aryl methyl sites for hydroxylation is 3. The van der Waals surface area contributed by atoms with Crippen molar-refractivity contribution in [1.82, 2.24) is 15.1 Å². The zero-order valence-corrected chi connectivity index (χ0v) is 18.9. The molecule has 0 saturated carbocycles. The van der Waals surface area contributed by atoms with E-state index in [1.807, 2.05) is 18.5 Å². The number of thiocarbonyl (C=S) groups is 1. The molecule has 9 heteroatoms. The number of ether oxygens (including phenoxy) is 1. The lowest BCUT2D eigenvalue weighted by Gasteiger charge is -2.11. The lowest BCUT2D eigenvalue weighted by atomic mass is 10.1. The Labute approximate surface area is 176 Å². The fourth-order valence-corrected chi connectivity index (χ4v) is 5.12. The highest BCUT2D eigenvalue weighted by Crippen LogP contribution is 2.39. The molecule has 0 aromatic carbocycles. The topological polar surface area (TPSA) is 68.2 Å². The van der Waals surface area contributed by atoms with Crippen molar-refractivity contribution in [1.29, 1.82) is 0 Å². The maximum atomic E-state index is 12.2. The normalized spacial score (nSPS) is 12.7. The highest BCUT2D eigenvalue weighted by Gasteiger charge is 2.27. The summed E-state index contributed by atoms with van der Waals surface area (Å²) in [6, 6.07) is 0. The maximum Gasteiger partial charge on any atom is 0.341 e. The second-order valence-electron chi connectivity index (χ2n) is 6.50. The highest BCUT2D eigenvalue weighted by molar-refractivity contribution is 9.10. The lowest BCUT2D eigenvalue weighted by Crippen LogP contribution is -2.30. The summed E-state index contributed by atoms with van der Waals surface area (Å²) in [6.07, 6.45) is 3.93. The van der Waals surface area contributed by atoms with Gasteiger partial charge in [0.15, 0.2) is 5.11 Å². The molecule has 0 bridgehead atoms. The molecule has 146 valence electrons. The van der Waals surface area contributed by atoms with Gasteiger partial charge >= 0.3 is 5.97 Å². The summed E-state index contributed by atoms with van der Waals surface area (Å²) in [5.41, 5.74) is 3.89. The summed E-state index contributed by atoms with van der Waals surface area (Å²) in [4.78, 5) is 13.4. The minimum atomic E-state index is -0.296. The first-order valence-electron chi connectivity index (χ1n) is 8.89. The number of carbonyl (C=O) groups is 1. The molecular weight excluding hydrogens is 448 g/mol. The molecule has 6 nitrogen and oxygen atoms in total. The van der Waals surface area contributed by atoms with E-state index in [-0.39, 0.29) is 5.97 Å². The first-order chi connectivity index (χ1) is 12.9. The largest absolute Gasteiger partial charge is 0.465 e. The van der Waals surface area contributed by atoms with Crippen molar-refractivity contribution in [3.8, 4) is 0 Å². The molecule has 0 fully saturated rings. The third kappa shape index (κ3) is 4.35. The standard InChI is InChI=1S/C18H23BrN4O2S2/c1-10-15(19)11(2)23(22-10)9-5-8-20-18(26)21-16-14(17(24)25-3)12-6-4-7-13(12)27-16/h4-9H2,1-3H3,(H2,20,21,26). The molecule has 0 saturated heterocycles. The molecule has 0 unspecified atom stereocenters. The molecule has 1 aliphatic rings. The minimum Gasteiger partial charge on any atom is -0.465 e. The molecule has 2 aromatic heterocycles. The van der Waals surface area contributed by atoms with E-state index in [4.69, 9.17) is 17.0 Å². The third-order valence-corrected chi connectivity index (χ3v) is 7.26. The van der Waals surface area contributed by atoms with Crippen molar-refractivity contribution < 1.29 is 9.53 Å². The van der Waals surface area contributed by atoms with Crippen LogP contribution in [0.5, 0.6) is 0 Å². The Morgan fingerprint density at radius 3 is 2.85 bits per heavy atom. The van der Waals surface area contributed by atoms with Gasteiger partial charge in [0.25, 0.3) is 0 Å². The van der Waals surface area contributed by atoms with Crippen LogP contribution in [-0.4, -0.2) is 34.5 Å². The first kappa shape index (κ1) is 20.3. The molecule has 1 aliphatic carbocycles.